The van der Waals surface area contributed by atoms with Crippen LogP contribution < -0.4 is 5.32 Å². The van der Waals surface area contributed by atoms with Gasteiger partial charge in [-0.05, 0) is 74.8 Å². The molecule has 1 amide bonds. The van der Waals surface area contributed by atoms with Crippen LogP contribution in [0.2, 0.25) is 0 Å². The minimum atomic E-state index is -1.95. The lowest BCUT2D eigenvalue weighted by atomic mass is 9.44. The minimum absolute atomic E-state index is 0.0598. The molecule has 2 aromatic heterocycles. The average molecular weight is 594 g/mol. The highest BCUT2D eigenvalue weighted by atomic mass is 32.1. The highest BCUT2D eigenvalue weighted by molar-refractivity contribution is 7.16. The third-order valence-corrected chi connectivity index (χ3v) is 12.5. The number of hydrogen-bond donors (Lipinski definition) is 3. The van der Waals surface area contributed by atoms with Crippen molar-refractivity contribution in [1.29, 1.82) is 0 Å². The second kappa shape index (κ2) is 8.86. The molecule has 41 heavy (non-hydrogen) atoms. The number of aromatic nitrogens is 2. The van der Waals surface area contributed by atoms with Gasteiger partial charge in [-0.2, -0.15) is 0 Å². The molecule has 0 radical (unpaired) electrons. The monoisotopic (exact) mass is 593 g/mol. The van der Waals surface area contributed by atoms with Gasteiger partial charge in [0.1, 0.15) is 5.60 Å². The summed E-state index contributed by atoms with van der Waals surface area (Å²) in [5.74, 6) is -1.39. The predicted molar refractivity (Wildman–Crippen MR) is 156 cm³/mol. The van der Waals surface area contributed by atoms with Crippen LogP contribution in [0.5, 0.6) is 0 Å². The van der Waals surface area contributed by atoms with Crippen LogP contribution in [0.4, 0.5) is 9.52 Å². The van der Waals surface area contributed by atoms with E-state index in [1.165, 1.54) is 34.8 Å². The van der Waals surface area contributed by atoms with Crippen molar-refractivity contribution in [3.05, 3.63) is 64.1 Å². The van der Waals surface area contributed by atoms with Crippen LogP contribution in [0.15, 0.2) is 52.9 Å². The first-order valence-corrected chi connectivity index (χ1v) is 15.8. The quantitative estimate of drug-likeness (QED) is 0.353. The summed E-state index contributed by atoms with van der Waals surface area (Å²) in [6, 6.07) is 5.33. The van der Waals surface area contributed by atoms with Crippen LogP contribution in [0.1, 0.15) is 62.5 Å². The summed E-state index contributed by atoms with van der Waals surface area (Å²) in [7, 11) is 0. The van der Waals surface area contributed by atoms with Crippen molar-refractivity contribution in [1.82, 2.24) is 9.97 Å². The second-order valence-electron chi connectivity index (χ2n) is 12.7. The van der Waals surface area contributed by atoms with E-state index >= 15 is 4.39 Å². The lowest BCUT2D eigenvalue weighted by Crippen LogP contribution is -2.68. The Kier molecular flexibility index (Phi) is 5.85. The number of nitrogens with zero attached hydrogens (tertiary/aromatic N) is 2. The van der Waals surface area contributed by atoms with E-state index < -0.39 is 34.1 Å². The van der Waals surface area contributed by atoms with E-state index in [1.807, 2.05) is 19.9 Å². The summed E-state index contributed by atoms with van der Waals surface area (Å²) in [6.07, 6.45) is 4.99. The number of benzene rings is 1. The number of alkyl halides is 1. The van der Waals surface area contributed by atoms with E-state index in [0.29, 0.717) is 35.7 Å². The number of nitrogens with one attached hydrogen (secondary N) is 1. The SMILES string of the molecule is CC1CC2C3CCC4=CC(=O)C=CC4(C)C3(F)C(O)CC2(C)C1(O)c1csc(NC(=O)c2ccc3ncsc3c2)n1. The fraction of sp³-hybridized carbons (Fsp3) is 0.484. The molecule has 0 aliphatic heterocycles. The molecule has 2 heterocycles. The molecule has 7 rings (SSSR count). The molecule has 4 aliphatic rings. The number of aliphatic hydroxyl groups excluding tert-OH is 1. The van der Waals surface area contributed by atoms with Crippen LogP contribution in [0.25, 0.3) is 10.2 Å². The van der Waals surface area contributed by atoms with E-state index in [-0.39, 0.29) is 29.9 Å². The molecule has 7 nitrogen and oxygen atoms in total. The number of halogens is 1. The molecular formula is C31H32FN3O4S2. The maximum atomic E-state index is 17.4. The Labute approximate surface area is 245 Å². The van der Waals surface area contributed by atoms with Crippen molar-refractivity contribution in [3.8, 4) is 0 Å². The number of aliphatic hydroxyl groups is 2. The van der Waals surface area contributed by atoms with Gasteiger partial charge >= 0.3 is 0 Å². The van der Waals surface area contributed by atoms with Gasteiger partial charge in [-0.15, -0.1) is 22.7 Å². The Hall–Kier alpha value is -2.79. The summed E-state index contributed by atoms with van der Waals surface area (Å²) in [5, 5.41) is 29.1. The zero-order valence-corrected chi connectivity index (χ0v) is 24.7. The summed E-state index contributed by atoms with van der Waals surface area (Å²) in [5.41, 5.74) is -1.05. The van der Waals surface area contributed by atoms with Gasteiger partial charge in [-0.25, -0.2) is 14.4 Å². The molecule has 3 saturated carbocycles. The van der Waals surface area contributed by atoms with Crippen molar-refractivity contribution in [2.45, 2.75) is 63.8 Å². The number of thiazole rings is 2. The van der Waals surface area contributed by atoms with Crippen molar-refractivity contribution < 1.29 is 24.2 Å². The molecule has 10 heteroatoms. The lowest BCUT2D eigenvalue weighted by molar-refractivity contribution is -0.223. The Morgan fingerprint density at radius 2 is 2.02 bits per heavy atom. The van der Waals surface area contributed by atoms with Crippen molar-refractivity contribution in [2.24, 2.45) is 28.6 Å². The average Bonchev–Trinajstić information content (AvgIpc) is 3.65. The zero-order chi connectivity index (χ0) is 28.9. The van der Waals surface area contributed by atoms with Gasteiger partial charge in [0.2, 0.25) is 0 Å². The van der Waals surface area contributed by atoms with Gasteiger partial charge in [-0.3, -0.25) is 14.9 Å². The van der Waals surface area contributed by atoms with Crippen LogP contribution >= 0.6 is 22.7 Å². The van der Waals surface area contributed by atoms with E-state index in [2.05, 4.69) is 10.3 Å². The minimum Gasteiger partial charge on any atom is -0.390 e. The molecular weight excluding hydrogens is 561 g/mol. The number of anilines is 1. The van der Waals surface area contributed by atoms with E-state index in [9.17, 15) is 19.8 Å². The first kappa shape index (κ1) is 27.1. The number of carbonyl (C=O) groups excluding carboxylic acids is 2. The zero-order valence-electron chi connectivity index (χ0n) is 23.1. The topological polar surface area (TPSA) is 112 Å². The number of carbonyl (C=O) groups is 2. The molecule has 4 aliphatic carbocycles. The molecule has 0 saturated heterocycles. The number of allylic oxidation sites excluding steroid dienone is 4. The Morgan fingerprint density at radius 1 is 1.22 bits per heavy atom. The summed E-state index contributed by atoms with van der Waals surface area (Å²) in [4.78, 5) is 34.1. The lowest BCUT2D eigenvalue weighted by Gasteiger charge is -2.62. The van der Waals surface area contributed by atoms with Crippen molar-refractivity contribution >= 4 is 49.7 Å². The number of amides is 1. The summed E-state index contributed by atoms with van der Waals surface area (Å²) >= 11 is 2.71. The number of ketones is 1. The molecule has 0 spiro atoms. The van der Waals surface area contributed by atoms with Gasteiger partial charge in [-0.1, -0.05) is 25.5 Å². The number of fused-ring (bicyclic) bond motifs is 6. The number of hydrogen-bond acceptors (Lipinski definition) is 8. The van der Waals surface area contributed by atoms with Gasteiger partial charge in [0.15, 0.2) is 16.6 Å². The maximum Gasteiger partial charge on any atom is 0.257 e. The van der Waals surface area contributed by atoms with E-state index in [1.54, 1.807) is 36.0 Å². The normalized spacial score (nSPS) is 39.7. The van der Waals surface area contributed by atoms with Crippen molar-refractivity contribution in [3.63, 3.8) is 0 Å². The van der Waals surface area contributed by atoms with Crippen molar-refractivity contribution in [2.75, 3.05) is 5.32 Å². The third kappa shape index (κ3) is 3.48. The standard InChI is InChI=1S/C31H32FN3O4S2/c1-16-10-21-20-6-5-18-12-19(36)8-9-28(18,2)30(20,32)25(37)13-29(21,3)31(16,39)24-14-40-27(34-24)35-26(38)17-4-7-22-23(11-17)41-15-33-22/h4,7-9,11-12,14-16,20-21,25,37,39H,5-6,10,13H2,1-3H3,(H,34,35,38). The molecule has 8 atom stereocenters. The van der Waals surface area contributed by atoms with Gasteiger partial charge in [0.05, 0.1) is 27.5 Å². The Balaban J connectivity index is 1.20. The smallest absolute Gasteiger partial charge is 0.257 e. The molecule has 214 valence electrons. The van der Waals surface area contributed by atoms with Crippen LogP contribution in [0.3, 0.4) is 0 Å². The first-order chi connectivity index (χ1) is 19.4. The molecule has 3 N–H and O–H groups in total. The largest absolute Gasteiger partial charge is 0.390 e. The predicted octanol–water partition coefficient (Wildman–Crippen LogP) is 5.81. The molecule has 3 aromatic rings. The highest BCUT2D eigenvalue weighted by Gasteiger charge is 2.74. The second-order valence-corrected chi connectivity index (χ2v) is 14.4. The van der Waals surface area contributed by atoms with Crippen LogP contribution in [-0.2, 0) is 10.4 Å². The molecule has 8 unspecified atom stereocenters. The Bertz CT molecular complexity index is 1670. The fourth-order valence-electron chi connectivity index (χ4n) is 8.76. The molecule has 0 bridgehead atoms. The summed E-state index contributed by atoms with van der Waals surface area (Å²) < 4.78 is 18.4. The van der Waals surface area contributed by atoms with Crippen LogP contribution in [-0.4, -0.2) is 43.6 Å². The van der Waals surface area contributed by atoms with E-state index in [0.717, 1.165) is 15.8 Å². The first-order valence-electron chi connectivity index (χ1n) is 14.1. The summed E-state index contributed by atoms with van der Waals surface area (Å²) in [6.45, 7) is 5.72. The molecule has 3 fully saturated rings. The fourth-order valence-corrected chi connectivity index (χ4v) is 10.2. The Morgan fingerprint density at radius 3 is 2.83 bits per heavy atom. The van der Waals surface area contributed by atoms with E-state index in [4.69, 9.17) is 4.98 Å². The third-order valence-electron chi connectivity index (χ3n) is 10.9. The highest BCUT2D eigenvalue weighted by Crippen LogP contribution is 2.72. The van der Waals surface area contributed by atoms with Crippen LogP contribution in [0, 0.1) is 28.6 Å². The van der Waals surface area contributed by atoms with Gasteiger partial charge in [0.25, 0.3) is 5.91 Å². The molecule has 1 aromatic carbocycles. The maximum absolute atomic E-state index is 17.4. The van der Waals surface area contributed by atoms with Gasteiger partial charge < -0.3 is 10.2 Å². The number of rotatable bonds is 3. The van der Waals surface area contributed by atoms with Gasteiger partial charge in [0, 0.05) is 27.7 Å².